The molecular formula is C30H46O3. The van der Waals surface area contributed by atoms with Crippen LogP contribution in [0.3, 0.4) is 0 Å². The number of aliphatic hydroxyl groups is 1. The molecule has 0 amide bonds. The van der Waals surface area contributed by atoms with Crippen molar-refractivity contribution in [3.8, 4) is 0 Å². The Bertz CT molecular complexity index is 922. The molecule has 2 bridgehead atoms. The van der Waals surface area contributed by atoms with E-state index in [2.05, 4.69) is 48.1 Å². The molecule has 6 rings (SSSR count). The zero-order chi connectivity index (χ0) is 23.8. The average Bonchev–Trinajstić information content (AvgIpc) is 3.21. The summed E-state index contributed by atoms with van der Waals surface area (Å²) >= 11 is 0. The first-order chi connectivity index (χ1) is 15.3. The lowest BCUT2D eigenvalue weighted by Gasteiger charge is -2.72. The van der Waals surface area contributed by atoms with Gasteiger partial charge in [-0.25, -0.2) is 0 Å². The van der Waals surface area contributed by atoms with Gasteiger partial charge in [0.2, 0.25) is 0 Å². The fourth-order valence-corrected chi connectivity index (χ4v) is 11.9. The molecule has 3 nitrogen and oxygen atoms in total. The number of hydrogen-bond donors (Lipinski definition) is 1. The number of carbonyl (C=O) groups is 1. The third kappa shape index (κ3) is 2.27. The molecule has 0 aromatic heterocycles. The Morgan fingerprint density at radius 1 is 0.879 bits per heavy atom. The van der Waals surface area contributed by atoms with Gasteiger partial charge in [-0.1, -0.05) is 41.2 Å². The maximum atomic E-state index is 13.3. The molecule has 10 atom stereocenters. The zero-order valence-electron chi connectivity index (χ0n) is 21.9. The molecule has 0 aromatic rings. The van der Waals surface area contributed by atoms with Crippen LogP contribution in [0.5, 0.6) is 0 Å². The first kappa shape index (κ1) is 22.6. The van der Waals surface area contributed by atoms with Crippen LogP contribution >= 0.6 is 0 Å². The van der Waals surface area contributed by atoms with E-state index in [0.717, 1.165) is 44.1 Å². The van der Waals surface area contributed by atoms with E-state index in [1.807, 2.05) is 0 Å². The van der Waals surface area contributed by atoms with E-state index in [1.54, 1.807) is 0 Å². The largest absolute Gasteiger partial charge is 0.454 e. The quantitative estimate of drug-likeness (QED) is 0.355. The number of esters is 1. The zero-order valence-corrected chi connectivity index (χ0v) is 21.9. The summed E-state index contributed by atoms with van der Waals surface area (Å²) in [5.74, 6) is 2.25. The molecule has 0 aromatic carbocycles. The molecule has 6 aliphatic rings. The molecule has 0 unspecified atom stereocenters. The molecule has 0 radical (unpaired) electrons. The number of aliphatic hydroxyl groups excluding tert-OH is 1. The highest BCUT2D eigenvalue weighted by Gasteiger charge is 2.78. The van der Waals surface area contributed by atoms with Crippen molar-refractivity contribution in [2.75, 3.05) is 0 Å². The minimum Gasteiger partial charge on any atom is -0.454 e. The molecule has 1 N–H and O–H groups in total. The van der Waals surface area contributed by atoms with Gasteiger partial charge in [0.1, 0.15) is 5.60 Å². The summed E-state index contributed by atoms with van der Waals surface area (Å²) in [6.45, 7) is 19.0. The van der Waals surface area contributed by atoms with Gasteiger partial charge in [-0.2, -0.15) is 0 Å². The van der Waals surface area contributed by atoms with Crippen LogP contribution in [-0.2, 0) is 9.53 Å². The standard InChI is InChI=1S/C30H46O3/c1-18(2)30-17-16-29(24(32)33-30)15-14-27(6)19(23(29)30)8-9-21-26(5)12-11-22(31)25(3,4)20(26)10-13-28(21,27)7/h19-23,31H,1,8-17H2,2-7H3/t19-,20+,21-,22-,23-,26+,27-,28-,29-,30-/m1/s1. The van der Waals surface area contributed by atoms with Crippen LogP contribution in [0.15, 0.2) is 12.2 Å². The fourth-order valence-electron chi connectivity index (χ4n) is 11.9. The molecule has 0 spiro atoms. The summed E-state index contributed by atoms with van der Waals surface area (Å²) in [6.07, 6.45) is 11.1. The third-order valence-corrected chi connectivity index (χ3v) is 13.9. The summed E-state index contributed by atoms with van der Waals surface area (Å²) in [5, 5.41) is 10.9. The molecule has 1 aliphatic heterocycles. The SMILES string of the molecule is C=C(C)[C@]12CC[C@@]3(CC[C@]4(C)[C@H](CC[C@@H]5[C@@]6(C)CC[C@@H](O)C(C)(C)[C@@H]6CC[C@]54C)[C@H]31)C(=O)O2. The van der Waals surface area contributed by atoms with E-state index >= 15 is 0 Å². The molecule has 1 saturated heterocycles. The Morgan fingerprint density at radius 2 is 1.58 bits per heavy atom. The van der Waals surface area contributed by atoms with Crippen molar-refractivity contribution in [3.63, 3.8) is 0 Å². The number of carbonyl (C=O) groups excluding carboxylic acids is 1. The number of fused-ring (bicyclic) bond motifs is 5. The van der Waals surface area contributed by atoms with E-state index in [0.29, 0.717) is 29.1 Å². The van der Waals surface area contributed by atoms with Gasteiger partial charge in [-0.3, -0.25) is 4.79 Å². The normalized spacial score (nSPS) is 58.5. The molecule has 3 heteroatoms. The van der Waals surface area contributed by atoms with Gasteiger partial charge in [0.25, 0.3) is 0 Å². The Hall–Kier alpha value is -0.830. The van der Waals surface area contributed by atoms with Crippen LogP contribution in [0.25, 0.3) is 0 Å². The monoisotopic (exact) mass is 454 g/mol. The highest BCUT2D eigenvalue weighted by atomic mass is 16.6. The molecule has 33 heavy (non-hydrogen) atoms. The summed E-state index contributed by atoms with van der Waals surface area (Å²) in [4.78, 5) is 13.3. The van der Waals surface area contributed by atoms with Crippen molar-refractivity contribution in [3.05, 3.63) is 12.2 Å². The minimum absolute atomic E-state index is 0.00244. The Kier molecular flexibility index (Phi) is 4.31. The highest BCUT2D eigenvalue weighted by molar-refractivity contribution is 5.83. The summed E-state index contributed by atoms with van der Waals surface area (Å²) < 4.78 is 6.29. The lowest BCUT2D eigenvalue weighted by molar-refractivity contribution is -0.245. The first-order valence-electron chi connectivity index (χ1n) is 13.9. The van der Waals surface area contributed by atoms with Gasteiger partial charge in [-0.05, 0) is 116 Å². The van der Waals surface area contributed by atoms with Crippen LogP contribution in [0.1, 0.15) is 106 Å². The smallest absolute Gasteiger partial charge is 0.313 e. The predicted octanol–water partition coefficient (Wildman–Crippen LogP) is 6.68. The van der Waals surface area contributed by atoms with Gasteiger partial charge < -0.3 is 9.84 Å². The maximum Gasteiger partial charge on any atom is 0.313 e. The van der Waals surface area contributed by atoms with Crippen LogP contribution in [0, 0.1) is 50.7 Å². The van der Waals surface area contributed by atoms with Crippen molar-refractivity contribution in [2.24, 2.45) is 50.7 Å². The van der Waals surface area contributed by atoms with Gasteiger partial charge >= 0.3 is 5.97 Å². The highest BCUT2D eigenvalue weighted by Crippen LogP contribution is 2.79. The van der Waals surface area contributed by atoms with Gasteiger partial charge in [0.15, 0.2) is 0 Å². The maximum absolute atomic E-state index is 13.3. The van der Waals surface area contributed by atoms with Gasteiger partial charge in [0, 0.05) is 5.92 Å². The van der Waals surface area contributed by atoms with Crippen LogP contribution in [0.4, 0.5) is 0 Å². The van der Waals surface area contributed by atoms with Crippen LogP contribution < -0.4 is 0 Å². The molecule has 5 saturated carbocycles. The van der Waals surface area contributed by atoms with E-state index in [9.17, 15) is 9.90 Å². The molecule has 5 aliphatic carbocycles. The summed E-state index contributed by atoms with van der Waals surface area (Å²) in [5.41, 5.74) is 1.23. The van der Waals surface area contributed by atoms with Crippen molar-refractivity contribution < 1.29 is 14.6 Å². The van der Waals surface area contributed by atoms with E-state index < -0.39 is 5.60 Å². The topological polar surface area (TPSA) is 46.5 Å². The minimum atomic E-state index is -0.412. The lowest BCUT2D eigenvalue weighted by atomic mass is 9.32. The second-order valence-electron chi connectivity index (χ2n) is 14.7. The van der Waals surface area contributed by atoms with Gasteiger partial charge in [-0.15, -0.1) is 0 Å². The van der Waals surface area contributed by atoms with Crippen molar-refractivity contribution in [1.29, 1.82) is 0 Å². The van der Waals surface area contributed by atoms with E-state index in [-0.39, 0.29) is 33.7 Å². The average molecular weight is 455 g/mol. The van der Waals surface area contributed by atoms with Crippen molar-refractivity contribution in [1.82, 2.24) is 0 Å². The third-order valence-electron chi connectivity index (χ3n) is 13.9. The number of ether oxygens (including phenoxy) is 1. The molecule has 1 heterocycles. The van der Waals surface area contributed by atoms with Crippen LogP contribution in [-0.4, -0.2) is 22.8 Å². The molecule has 184 valence electrons. The lowest BCUT2D eigenvalue weighted by Crippen LogP contribution is -2.67. The molecule has 6 fully saturated rings. The number of hydrogen-bond acceptors (Lipinski definition) is 3. The number of rotatable bonds is 1. The summed E-state index contributed by atoms with van der Waals surface area (Å²) in [6, 6.07) is 0. The Labute approximate surface area is 201 Å². The first-order valence-corrected chi connectivity index (χ1v) is 13.9. The second kappa shape index (κ2) is 6.29. The fraction of sp³-hybridized carbons (Fsp3) is 0.900. The van der Waals surface area contributed by atoms with Gasteiger partial charge in [0.05, 0.1) is 11.5 Å². The molecular weight excluding hydrogens is 408 g/mol. The predicted molar refractivity (Wildman–Crippen MR) is 130 cm³/mol. The Balaban J connectivity index is 1.43. The van der Waals surface area contributed by atoms with Crippen molar-refractivity contribution in [2.45, 2.75) is 117 Å². The van der Waals surface area contributed by atoms with Crippen molar-refractivity contribution >= 4 is 5.97 Å². The van der Waals surface area contributed by atoms with Crippen LogP contribution in [0.2, 0.25) is 0 Å². The second-order valence-corrected chi connectivity index (χ2v) is 14.7. The Morgan fingerprint density at radius 3 is 2.24 bits per heavy atom. The summed E-state index contributed by atoms with van der Waals surface area (Å²) in [7, 11) is 0. The van der Waals surface area contributed by atoms with E-state index in [1.165, 1.54) is 25.7 Å². The van der Waals surface area contributed by atoms with E-state index in [4.69, 9.17) is 4.74 Å².